The van der Waals surface area contributed by atoms with E-state index in [9.17, 15) is 4.79 Å². The molecule has 0 atom stereocenters. The van der Waals surface area contributed by atoms with Crippen molar-refractivity contribution in [2.75, 3.05) is 7.05 Å². The lowest BCUT2D eigenvalue weighted by molar-refractivity contribution is -0.122. The van der Waals surface area contributed by atoms with Crippen molar-refractivity contribution in [3.05, 3.63) is 35.4 Å². The number of amides is 1. The van der Waals surface area contributed by atoms with Crippen LogP contribution < -0.4 is 0 Å². The highest BCUT2D eigenvalue weighted by Gasteiger charge is 2.27. The van der Waals surface area contributed by atoms with Crippen LogP contribution in [0, 0.1) is 0 Å². The van der Waals surface area contributed by atoms with E-state index < -0.39 is 0 Å². The summed E-state index contributed by atoms with van der Waals surface area (Å²) in [5.41, 5.74) is 2.74. The van der Waals surface area contributed by atoms with E-state index >= 15 is 0 Å². The summed E-state index contributed by atoms with van der Waals surface area (Å²) in [6.45, 7) is 1.99. The first-order valence-electron chi connectivity index (χ1n) is 5.80. The molecule has 5 nitrogen and oxygen atoms in total. The minimum atomic E-state index is -0.261. The Bertz CT molecular complexity index is 555. The predicted octanol–water partition coefficient (Wildman–Crippen LogP) is 2.15. The lowest BCUT2D eigenvalue weighted by Gasteiger charge is -2.05. The van der Waals surface area contributed by atoms with Crippen LogP contribution in [0.5, 0.6) is 0 Å². The zero-order valence-corrected chi connectivity index (χ0v) is 11.5. The molecule has 19 heavy (non-hydrogen) atoms. The minimum absolute atomic E-state index is 0.242. The molecule has 0 fully saturated rings. The van der Waals surface area contributed by atoms with Gasteiger partial charge >= 0.3 is 0 Å². The predicted molar refractivity (Wildman–Crippen MR) is 74.1 cm³/mol. The molecule has 1 heterocycles. The summed E-state index contributed by atoms with van der Waals surface area (Å²) in [6, 6.07) is 7.67. The number of rotatable bonds is 4. The monoisotopic (exact) mass is 279 g/mol. The lowest BCUT2D eigenvalue weighted by atomic mass is 10.1. The Kier molecular flexibility index (Phi) is 4.16. The molecular formula is C13H14ClN3O2. The number of carbonyl (C=O) groups excluding carboxylic acids is 1. The topological polar surface area (TPSA) is 54.3 Å². The third-order valence-electron chi connectivity index (χ3n) is 2.78. The van der Waals surface area contributed by atoms with Crippen molar-refractivity contribution in [3.63, 3.8) is 0 Å². The van der Waals surface area contributed by atoms with Crippen LogP contribution in [0.25, 0.3) is 0 Å². The van der Waals surface area contributed by atoms with E-state index in [2.05, 4.69) is 10.3 Å². The van der Waals surface area contributed by atoms with Crippen LogP contribution in [-0.4, -0.2) is 29.4 Å². The molecule has 0 saturated heterocycles. The Morgan fingerprint density at radius 3 is 2.63 bits per heavy atom. The van der Waals surface area contributed by atoms with Crippen LogP contribution in [0.4, 0.5) is 0 Å². The second-order valence-electron chi connectivity index (χ2n) is 4.13. The number of oxime groups is 1. The van der Waals surface area contributed by atoms with E-state index in [1.165, 1.54) is 5.01 Å². The highest BCUT2D eigenvalue weighted by Crippen LogP contribution is 2.13. The molecule has 100 valence electrons. The third-order valence-corrected chi connectivity index (χ3v) is 3.07. The van der Waals surface area contributed by atoms with E-state index in [0.717, 1.165) is 11.1 Å². The molecule has 0 unspecified atom stereocenters. The van der Waals surface area contributed by atoms with E-state index in [1.54, 1.807) is 14.0 Å². The average molecular weight is 280 g/mol. The maximum atomic E-state index is 11.7. The first-order valence-corrected chi connectivity index (χ1v) is 6.33. The lowest BCUT2D eigenvalue weighted by Crippen LogP contribution is -2.24. The number of halogens is 1. The maximum Gasteiger partial charge on any atom is 0.297 e. The largest absolute Gasteiger partial charge is 0.390 e. The molecule has 1 amide bonds. The average Bonchev–Trinajstić information content (AvgIpc) is 2.65. The van der Waals surface area contributed by atoms with E-state index in [0.29, 0.717) is 11.6 Å². The molecule has 1 aliphatic heterocycles. The van der Waals surface area contributed by atoms with Crippen molar-refractivity contribution in [3.8, 4) is 0 Å². The number of nitrogens with zero attached hydrogens (tertiary/aromatic N) is 3. The second-order valence-corrected chi connectivity index (χ2v) is 4.40. The van der Waals surface area contributed by atoms with Gasteiger partial charge in [0.25, 0.3) is 5.91 Å². The quantitative estimate of drug-likeness (QED) is 0.626. The summed E-state index contributed by atoms with van der Waals surface area (Å²) >= 11 is 5.83. The van der Waals surface area contributed by atoms with Crippen molar-refractivity contribution in [2.45, 2.75) is 19.4 Å². The van der Waals surface area contributed by atoms with Gasteiger partial charge in [-0.1, -0.05) is 29.4 Å². The van der Waals surface area contributed by atoms with Crippen molar-refractivity contribution in [2.24, 2.45) is 10.3 Å². The molecule has 0 bridgehead atoms. The molecule has 0 radical (unpaired) electrons. The van der Waals surface area contributed by atoms with Crippen LogP contribution in [0.15, 0.2) is 34.5 Å². The number of hydrogen-bond acceptors (Lipinski definition) is 4. The van der Waals surface area contributed by atoms with Gasteiger partial charge in [0.05, 0.1) is 5.71 Å². The van der Waals surface area contributed by atoms with Gasteiger partial charge < -0.3 is 4.84 Å². The summed E-state index contributed by atoms with van der Waals surface area (Å²) in [7, 11) is 1.58. The summed E-state index contributed by atoms with van der Waals surface area (Å²) < 4.78 is 0. The zero-order valence-electron chi connectivity index (χ0n) is 10.8. The summed E-state index contributed by atoms with van der Waals surface area (Å²) in [5, 5.41) is 9.08. The fourth-order valence-corrected chi connectivity index (χ4v) is 1.99. The van der Waals surface area contributed by atoms with Gasteiger partial charge in [-0.3, -0.25) is 4.79 Å². The van der Waals surface area contributed by atoms with Gasteiger partial charge in [0.2, 0.25) is 0 Å². The molecule has 0 N–H and O–H groups in total. The second kappa shape index (κ2) is 5.84. The maximum absolute atomic E-state index is 11.7. The smallest absolute Gasteiger partial charge is 0.297 e. The number of hydrogen-bond donors (Lipinski definition) is 0. The van der Waals surface area contributed by atoms with Crippen LogP contribution in [-0.2, 0) is 22.1 Å². The van der Waals surface area contributed by atoms with Gasteiger partial charge in [-0.15, -0.1) is 11.6 Å². The first-order chi connectivity index (χ1) is 9.13. The van der Waals surface area contributed by atoms with Crippen molar-refractivity contribution < 1.29 is 9.63 Å². The standard InChI is InChI=1S/C13H14ClN3O2/c1-9-12(13(18)17(2)15-9)16-19-8-11-6-4-3-5-10(11)7-14/h3-6H,7-8H2,1-2H3. The van der Waals surface area contributed by atoms with Gasteiger partial charge in [-0.2, -0.15) is 5.10 Å². The van der Waals surface area contributed by atoms with Gasteiger partial charge in [-0.25, -0.2) is 5.01 Å². The molecule has 1 aromatic rings. The Hall–Kier alpha value is -1.88. The van der Waals surface area contributed by atoms with E-state index in [-0.39, 0.29) is 18.2 Å². The zero-order chi connectivity index (χ0) is 13.8. The first kappa shape index (κ1) is 13.5. The number of carbonyl (C=O) groups is 1. The van der Waals surface area contributed by atoms with Crippen molar-refractivity contribution in [1.29, 1.82) is 0 Å². The Morgan fingerprint density at radius 1 is 1.37 bits per heavy atom. The van der Waals surface area contributed by atoms with Crippen molar-refractivity contribution in [1.82, 2.24) is 5.01 Å². The SMILES string of the molecule is CC1=NN(C)C(=O)C1=NOCc1ccccc1CCl. The molecule has 1 aromatic carbocycles. The number of benzene rings is 1. The van der Waals surface area contributed by atoms with Crippen LogP contribution >= 0.6 is 11.6 Å². The summed E-state index contributed by atoms with van der Waals surface area (Å²) in [5.74, 6) is 0.154. The van der Waals surface area contributed by atoms with Crippen LogP contribution in [0.2, 0.25) is 0 Å². The van der Waals surface area contributed by atoms with Gasteiger partial charge in [0.1, 0.15) is 6.61 Å². The van der Waals surface area contributed by atoms with E-state index in [1.807, 2.05) is 24.3 Å². The summed E-state index contributed by atoms with van der Waals surface area (Å²) in [4.78, 5) is 16.9. The molecular weight excluding hydrogens is 266 g/mol. The van der Waals surface area contributed by atoms with Crippen LogP contribution in [0.3, 0.4) is 0 Å². The van der Waals surface area contributed by atoms with Crippen LogP contribution in [0.1, 0.15) is 18.1 Å². The number of hydrazone groups is 1. The van der Waals surface area contributed by atoms with Crippen molar-refractivity contribution >= 4 is 28.9 Å². The minimum Gasteiger partial charge on any atom is -0.390 e. The highest BCUT2D eigenvalue weighted by atomic mass is 35.5. The molecule has 6 heteroatoms. The van der Waals surface area contributed by atoms with Gasteiger partial charge in [0, 0.05) is 12.9 Å². The Balaban J connectivity index is 2.04. The third kappa shape index (κ3) is 2.93. The molecule has 1 aliphatic rings. The molecule has 2 rings (SSSR count). The van der Waals surface area contributed by atoms with Gasteiger partial charge in [0.15, 0.2) is 5.71 Å². The molecule has 0 spiro atoms. The Morgan fingerprint density at radius 2 is 2.05 bits per heavy atom. The summed E-state index contributed by atoms with van der Waals surface area (Å²) in [6.07, 6.45) is 0. The normalized spacial score (nSPS) is 17.0. The Labute approximate surface area is 116 Å². The molecule has 0 aromatic heterocycles. The molecule has 0 saturated carbocycles. The van der Waals surface area contributed by atoms with E-state index in [4.69, 9.17) is 16.4 Å². The highest BCUT2D eigenvalue weighted by molar-refractivity contribution is 6.68. The fourth-order valence-electron chi connectivity index (χ4n) is 1.73. The van der Waals surface area contributed by atoms with Gasteiger partial charge in [-0.05, 0) is 18.1 Å². The fraction of sp³-hybridized carbons (Fsp3) is 0.308. The molecule has 0 aliphatic carbocycles. The number of alkyl halides is 1.